The van der Waals surface area contributed by atoms with E-state index in [-0.39, 0.29) is 23.9 Å². The third kappa shape index (κ3) is 4.12. The molecule has 3 aromatic rings. The SMILES string of the molecule is Cc1[nH]nc(-c2nc3ccc(C(=O)NC4CCCC4)cc3[nH]2)c1C(=O)NC1CCNCC1. The molecular formula is C23H29N7O2. The summed E-state index contributed by atoms with van der Waals surface area (Å²) in [5.41, 5.74) is 3.75. The van der Waals surface area contributed by atoms with Crippen molar-refractivity contribution in [2.24, 2.45) is 0 Å². The summed E-state index contributed by atoms with van der Waals surface area (Å²) in [5.74, 6) is 0.302. The molecule has 9 heteroatoms. The van der Waals surface area contributed by atoms with Gasteiger partial charge in [-0.3, -0.25) is 14.7 Å². The Labute approximate surface area is 186 Å². The number of amides is 2. The Morgan fingerprint density at radius 3 is 2.50 bits per heavy atom. The van der Waals surface area contributed by atoms with Crippen LogP contribution < -0.4 is 16.0 Å². The molecule has 1 aromatic carbocycles. The van der Waals surface area contributed by atoms with Gasteiger partial charge in [0.1, 0.15) is 5.69 Å². The number of rotatable bonds is 5. The molecule has 0 atom stereocenters. The quantitative estimate of drug-likeness (QED) is 0.421. The Morgan fingerprint density at radius 2 is 1.72 bits per heavy atom. The molecule has 2 aliphatic rings. The molecule has 1 aliphatic carbocycles. The van der Waals surface area contributed by atoms with Crippen molar-refractivity contribution in [3.05, 3.63) is 35.0 Å². The van der Waals surface area contributed by atoms with E-state index in [4.69, 9.17) is 0 Å². The van der Waals surface area contributed by atoms with Crippen LogP contribution in [0.15, 0.2) is 18.2 Å². The van der Waals surface area contributed by atoms with Crippen LogP contribution >= 0.6 is 0 Å². The number of nitrogens with zero attached hydrogens (tertiary/aromatic N) is 2. The fourth-order valence-corrected chi connectivity index (χ4v) is 4.70. The number of imidazole rings is 1. The fraction of sp³-hybridized carbons (Fsp3) is 0.478. The normalized spacial score (nSPS) is 17.7. The number of aromatic nitrogens is 4. The van der Waals surface area contributed by atoms with Gasteiger partial charge in [-0.1, -0.05) is 12.8 Å². The molecule has 0 bridgehead atoms. The van der Waals surface area contributed by atoms with Crippen molar-refractivity contribution in [3.8, 4) is 11.5 Å². The molecule has 1 saturated carbocycles. The molecule has 0 spiro atoms. The summed E-state index contributed by atoms with van der Waals surface area (Å²) < 4.78 is 0. The zero-order chi connectivity index (χ0) is 22.1. The first-order valence-electron chi connectivity index (χ1n) is 11.5. The van der Waals surface area contributed by atoms with Crippen molar-refractivity contribution < 1.29 is 9.59 Å². The van der Waals surface area contributed by atoms with Crippen LogP contribution in [0.4, 0.5) is 0 Å². The summed E-state index contributed by atoms with van der Waals surface area (Å²) >= 11 is 0. The van der Waals surface area contributed by atoms with Crippen LogP contribution in [0.2, 0.25) is 0 Å². The summed E-state index contributed by atoms with van der Waals surface area (Å²) in [6.07, 6.45) is 6.25. The van der Waals surface area contributed by atoms with Gasteiger partial charge in [0.2, 0.25) is 0 Å². The van der Waals surface area contributed by atoms with Gasteiger partial charge in [-0.15, -0.1) is 0 Å². The number of fused-ring (bicyclic) bond motifs is 1. The number of hydrogen-bond donors (Lipinski definition) is 5. The molecule has 2 fully saturated rings. The molecule has 1 saturated heterocycles. The Hall–Kier alpha value is -3.20. The molecule has 5 N–H and O–H groups in total. The Kier molecular flexibility index (Phi) is 5.65. The third-order valence-corrected chi connectivity index (χ3v) is 6.51. The lowest BCUT2D eigenvalue weighted by atomic mass is 10.1. The van der Waals surface area contributed by atoms with E-state index in [1.165, 1.54) is 12.8 Å². The van der Waals surface area contributed by atoms with E-state index in [1.54, 1.807) is 6.07 Å². The van der Waals surface area contributed by atoms with Crippen LogP contribution in [0.1, 0.15) is 64.9 Å². The smallest absolute Gasteiger partial charge is 0.255 e. The van der Waals surface area contributed by atoms with Gasteiger partial charge in [0.25, 0.3) is 11.8 Å². The topological polar surface area (TPSA) is 128 Å². The number of aryl methyl sites for hydroxylation is 1. The van der Waals surface area contributed by atoms with Crippen LogP contribution in [0.3, 0.4) is 0 Å². The van der Waals surface area contributed by atoms with Gasteiger partial charge >= 0.3 is 0 Å². The summed E-state index contributed by atoms with van der Waals surface area (Å²) in [5, 5.41) is 16.8. The highest BCUT2D eigenvalue weighted by molar-refractivity contribution is 6.01. The highest BCUT2D eigenvalue weighted by Crippen LogP contribution is 2.25. The zero-order valence-corrected chi connectivity index (χ0v) is 18.3. The number of piperidine rings is 1. The Balaban J connectivity index is 1.39. The lowest BCUT2D eigenvalue weighted by Crippen LogP contribution is -2.42. The van der Waals surface area contributed by atoms with Crippen molar-refractivity contribution in [2.45, 2.75) is 57.5 Å². The van der Waals surface area contributed by atoms with E-state index in [9.17, 15) is 9.59 Å². The number of carbonyl (C=O) groups is 2. The second-order valence-electron chi connectivity index (χ2n) is 8.84. The molecule has 168 valence electrons. The minimum absolute atomic E-state index is 0.0624. The maximum Gasteiger partial charge on any atom is 0.255 e. The zero-order valence-electron chi connectivity index (χ0n) is 18.3. The fourth-order valence-electron chi connectivity index (χ4n) is 4.70. The van der Waals surface area contributed by atoms with E-state index in [2.05, 4.69) is 36.1 Å². The molecule has 0 radical (unpaired) electrons. The van der Waals surface area contributed by atoms with Crippen LogP contribution in [-0.2, 0) is 0 Å². The van der Waals surface area contributed by atoms with Gasteiger partial charge in [0, 0.05) is 23.3 Å². The summed E-state index contributed by atoms with van der Waals surface area (Å²) in [6, 6.07) is 5.85. The Morgan fingerprint density at radius 1 is 1.00 bits per heavy atom. The average molecular weight is 436 g/mol. The van der Waals surface area contributed by atoms with Crippen LogP contribution in [0.25, 0.3) is 22.6 Å². The molecule has 3 heterocycles. The van der Waals surface area contributed by atoms with E-state index in [0.717, 1.165) is 49.8 Å². The second kappa shape index (κ2) is 8.74. The molecule has 9 nitrogen and oxygen atoms in total. The standard InChI is InChI=1S/C23H29N7O2/c1-13-19(23(32)26-16-8-10-24-11-9-16)20(30-29-13)21-27-17-7-6-14(12-18(17)28-21)22(31)25-15-4-2-3-5-15/h6-7,12,15-16,24H,2-5,8-11H2,1H3,(H,25,31)(H,26,32)(H,27,28)(H,29,30). The summed E-state index contributed by atoms with van der Waals surface area (Å²) in [7, 11) is 0. The van der Waals surface area contributed by atoms with Crippen molar-refractivity contribution in [2.75, 3.05) is 13.1 Å². The number of nitrogens with one attached hydrogen (secondary N) is 5. The average Bonchev–Trinajstić information content (AvgIpc) is 3.53. The third-order valence-electron chi connectivity index (χ3n) is 6.51. The van der Waals surface area contributed by atoms with Gasteiger partial charge < -0.3 is 20.9 Å². The number of H-pyrrole nitrogens is 2. The van der Waals surface area contributed by atoms with Crippen LogP contribution in [-0.4, -0.2) is 57.2 Å². The van der Waals surface area contributed by atoms with Gasteiger partial charge in [0.05, 0.1) is 16.6 Å². The van der Waals surface area contributed by atoms with E-state index >= 15 is 0 Å². The number of benzene rings is 1. The lowest BCUT2D eigenvalue weighted by molar-refractivity contribution is 0.0924. The Bertz CT molecular complexity index is 1140. The van der Waals surface area contributed by atoms with Gasteiger partial charge in [0.15, 0.2) is 5.82 Å². The van der Waals surface area contributed by atoms with Gasteiger partial charge in [-0.05, 0) is 63.9 Å². The van der Waals surface area contributed by atoms with Crippen molar-refractivity contribution >= 4 is 22.8 Å². The minimum atomic E-state index is -0.143. The molecule has 2 amide bonds. The van der Waals surface area contributed by atoms with Crippen molar-refractivity contribution in [3.63, 3.8) is 0 Å². The number of hydrogen-bond acceptors (Lipinski definition) is 5. The molecule has 5 rings (SSSR count). The van der Waals surface area contributed by atoms with Crippen LogP contribution in [0.5, 0.6) is 0 Å². The van der Waals surface area contributed by atoms with Crippen LogP contribution in [0, 0.1) is 6.92 Å². The maximum atomic E-state index is 13.0. The van der Waals surface area contributed by atoms with E-state index in [0.29, 0.717) is 28.3 Å². The minimum Gasteiger partial charge on any atom is -0.349 e. The van der Waals surface area contributed by atoms with Crippen molar-refractivity contribution in [1.29, 1.82) is 0 Å². The molecule has 2 aromatic heterocycles. The van der Waals surface area contributed by atoms with Gasteiger partial charge in [-0.25, -0.2) is 4.98 Å². The first-order valence-corrected chi connectivity index (χ1v) is 11.5. The molecule has 0 unspecified atom stereocenters. The first kappa shape index (κ1) is 20.7. The predicted molar refractivity (Wildman–Crippen MR) is 121 cm³/mol. The highest BCUT2D eigenvalue weighted by atomic mass is 16.2. The van der Waals surface area contributed by atoms with E-state index < -0.39 is 0 Å². The number of aromatic amines is 2. The van der Waals surface area contributed by atoms with Gasteiger partial charge in [-0.2, -0.15) is 5.10 Å². The lowest BCUT2D eigenvalue weighted by Gasteiger charge is -2.23. The van der Waals surface area contributed by atoms with Crippen molar-refractivity contribution in [1.82, 2.24) is 36.1 Å². The maximum absolute atomic E-state index is 13.0. The molecule has 1 aliphatic heterocycles. The molecule has 32 heavy (non-hydrogen) atoms. The number of carbonyl (C=O) groups excluding carboxylic acids is 2. The first-order chi connectivity index (χ1) is 15.6. The summed E-state index contributed by atoms with van der Waals surface area (Å²) in [6.45, 7) is 3.65. The second-order valence-corrected chi connectivity index (χ2v) is 8.84. The monoisotopic (exact) mass is 435 g/mol. The largest absolute Gasteiger partial charge is 0.349 e. The highest BCUT2D eigenvalue weighted by Gasteiger charge is 2.25. The summed E-state index contributed by atoms with van der Waals surface area (Å²) in [4.78, 5) is 33.5. The predicted octanol–water partition coefficient (Wildman–Crippen LogP) is 2.42. The molecular weight excluding hydrogens is 406 g/mol. The van der Waals surface area contributed by atoms with E-state index in [1.807, 2.05) is 19.1 Å².